The van der Waals surface area contributed by atoms with E-state index in [1.54, 1.807) is 12.4 Å². The molecule has 1 aliphatic heterocycles. The van der Waals surface area contributed by atoms with Gasteiger partial charge in [-0.05, 0) is 11.6 Å². The van der Waals surface area contributed by atoms with Crippen LogP contribution >= 0.6 is 0 Å². The topological polar surface area (TPSA) is 68.4 Å². The fourth-order valence-corrected chi connectivity index (χ4v) is 1.96. The molecule has 0 aromatic carbocycles. The molecule has 82 valence electrons. The summed E-state index contributed by atoms with van der Waals surface area (Å²) in [5, 5.41) is 12.4. The Hall–Kier alpha value is -1.33. The predicted molar refractivity (Wildman–Crippen MR) is 55.6 cm³/mol. The Morgan fingerprint density at radius 3 is 2.73 bits per heavy atom. The van der Waals surface area contributed by atoms with E-state index < -0.39 is 12.0 Å². The number of aliphatic carboxylic acids is 1. The van der Waals surface area contributed by atoms with Crippen LogP contribution in [0.2, 0.25) is 0 Å². The van der Waals surface area contributed by atoms with Crippen LogP contribution in [-0.2, 0) is 4.79 Å². The number of aromatic amines is 1. The molecule has 5 nitrogen and oxygen atoms in total. The quantitative estimate of drug-likeness (QED) is 0.657. The molecular weight excluding hydrogens is 194 g/mol. The second-order valence-electron chi connectivity index (χ2n) is 3.67. The number of carboxylic acids is 1. The Labute approximate surface area is 88.1 Å². The number of nitrogens with one attached hydrogen (secondary N) is 2. The maximum atomic E-state index is 11.2. The maximum absolute atomic E-state index is 11.2. The molecule has 0 bridgehead atoms. The van der Waals surface area contributed by atoms with Crippen molar-refractivity contribution in [1.29, 1.82) is 0 Å². The average Bonchev–Trinajstić information content (AvgIpc) is 2.72. The van der Waals surface area contributed by atoms with Crippen LogP contribution in [0, 0.1) is 0 Å². The van der Waals surface area contributed by atoms with Gasteiger partial charge in [-0.3, -0.25) is 9.69 Å². The molecule has 1 aromatic heterocycles. The van der Waals surface area contributed by atoms with Crippen LogP contribution in [0.5, 0.6) is 0 Å². The molecule has 3 N–H and O–H groups in total. The van der Waals surface area contributed by atoms with Crippen molar-refractivity contribution in [2.24, 2.45) is 0 Å². The lowest BCUT2D eigenvalue weighted by Gasteiger charge is -2.31. The molecule has 5 heteroatoms. The van der Waals surface area contributed by atoms with Crippen LogP contribution in [0.3, 0.4) is 0 Å². The van der Waals surface area contributed by atoms with Gasteiger partial charge in [-0.25, -0.2) is 0 Å². The van der Waals surface area contributed by atoms with Gasteiger partial charge in [-0.15, -0.1) is 0 Å². The zero-order valence-electron chi connectivity index (χ0n) is 8.44. The first-order valence-electron chi connectivity index (χ1n) is 5.09. The number of nitrogens with zero attached hydrogens (tertiary/aromatic N) is 1. The van der Waals surface area contributed by atoms with Gasteiger partial charge < -0.3 is 15.4 Å². The van der Waals surface area contributed by atoms with Crippen molar-refractivity contribution >= 4 is 5.97 Å². The smallest absolute Gasteiger partial charge is 0.325 e. The number of carboxylic acid groups (broad SMARTS) is 1. The summed E-state index contributed by atoms with van der Waals surface area (Å²) in [5.41, 5.74) is 0.824. The second kappa shape index (κ2) is 4.46. The summed E-state index contributed by atoms with van der Waals surface area (Å²) in [6.07, 6.45) is 3.51. The van der Waals surface area contributed by atoms with E-state index in [9.17, 15) is 9.90 Å². The van der Waals surface area contributed by atoms with Crippen LogP contribution in [0.1, 0.15) is 11.6 Å². The molecule has 2 rings (SSSR count). The minimum absolute atomic E-state index is 0.515. The summed E-state index contributed by atoms with van der Waals surface area (Å²) >= 11 is 0. The highest BCUT2D eigenvalue weighted by molar-refractivity contribution is 5.75. The highest BCUT2D eigenvalue weighted by Crippen LogP contribution is 2.20. The molecule has 0 spiro atoms. The number of piperazine rings is 1. The molecular formula is C10H15N3O2. The SMILES string of the molecule is O=C(O)C(c1cc[nH]c1)N1CCNCC1. The first kappa shape index (κ1) is 10.2. The van der Waals surface area contributed by atoms with Gasteiger partial charge in [-0.2, -0.15) is 0 Å². The lowest BCUT2D eigenvalue weighted by Crippen LogP contribution is -2.47. The zero-order valence-corrected chi connectivity index (χ0v) is 8.44. The summed E-state index contributed by atoms with van der Waals surface area (Å²) in [4.78, 5) is 16.1. The van der Waals surface area contributed by atoms with Gasteiger partial charge in [0.2, 0.25) is 0 Å². The molecule has 1 fully saturated rings. The van der Waals surface area contributed by atoms with Gasteiger partial charge in [-0.1, -0.05) is 0 Å². The highest BCUT2D eigenvalue weighted by Gasteiger charge is 2.28. The van der Waals surface area contributed by atoms with Crippen molar-refractivity contribution in [2.75, 3.05) is 26.2 Å². The molecule has 1 saturated heterocycles. The van der Waals surface area contributed by atoms with Crippen LogP contribution < -0.4 is 5.32 Å². The van der Waals surface area contributed by atoms with Gasteiger partial charge in [0.15, 0.2) is 0 Å². The van der Waals surface area contributed by atoms with Crippen molar-refractivity contribution in [2.45, 2.75) is 6.04 Å². The minimum atomic E-state index is -0.781. The Kier molecular flexibility index (Phi) is 3.03. The van der Waals surface area contributed by atoms with E-state index in [0.717, 1.165) is 31.7 Å². The number of hydrogen-bond acceptors (Lipinski definition) is 3. The average molecular weight is 209 g/mol. The first-order chi connectivity index (χ1) is 7.29. The van der Waals surface area contributed by atoms with Gasteiger partial charge in [0.1, 0.15) is 6.04 Å². The largest absolute Gasteiger partial charge is 0.480 e. The number of H-pyrrole nitrogens is 1. The van der Waals surface area contributed by atoms with Crippen LogP contribution in [-0.4, -0.2) is 47.1 Å². The number of rotatable bonds is 3. The normalized spacial score (nSPS) is 20.0. The van der Waals surface area contributed by atoms with E-state index in [1.807, 2.05) is 11.0 Å². The van der Waals surface area contributed by atoms with E-state index in [4.69, 9.17) is 0 Å². The highest BCUT2D eigenvalue weighted by atomic mass is 16.4. The van der Waals surface area contributed by atoms with Gasteiger partial charge >= 0.3 is 5.97 Å². The number of carbonyl (C=O) groups is 1. The van der Waals surface area contributed by atoms with E-state index in [1.165, 1.54) is 0 Å². The summed E-state index contributed by atoms with van der Waals surface area (Å²) in [6.45, 7) is 3.27. The van der Waals surface area contributed by atoms with Gasteiger partial charge in [0.05, 0.1) is 0 Å². The lowest BCUT2D eigenvalue weighted by atomic mass is 10.1. The molecule has 1 aliphatic rings. The van der Waals surface area contributed by atoms with E-state index in [-0.39, 0.29) is 0 Å². The summed E-state index contributed by atoms with van der Waals surface area (Å²) in [6, 6.07) is 1.30. The number of aromatic nitrogens is 1. The molecule has 1 unspecified atom stereocenters. The second-order valence-corrected chi connectivity index (χ2v) is 3.67. The predicted octanol–water partition coefficient (Wildman–Crippen LogP) is 0.0456. The Morgan fingerprint density at radius 1 is 1.47 bits per heavy atom. The summed E-state index contributed by atoms with van der Waals surface area (Å²) in [7, 11) is 0. The third kappa shape index (κ3) is 2.19. The first-order valence-corrected chi connectivity index (χ1v) is 5.09. The van der Waals surface area contributed by atoms with E-state index in [0.29, 0.717) is 0 Å². The monoisotopic (exact) mass is 209 g/mol. The van der Waals surface area contributed by atoms with Crippen LogP contribution in [0.4, 0.5) is 0 Å². The molecule has 0 radical (unpaired) electrons. The molecule has 15 heavy (non-hydrogen) atoms. The van der Waals surface area contributed by atoms with E-state index in [2.05, 4.69) is 10.3 Å². The zero-order chi connectivity index (χ0) is 10.7. The summed E-state index contributed by atoms with van der Waals surface area (Å²) in [5.74, 6) is -0.781. The fourth-order valence-electron chi connectivity index (χ4n) is 1.96. The molecule has 2 heterocycles. The maximum Gasteiger partial charge on any atom is 0.325 e. The van der Waals surface area contributed by atoms with Crippen molar-refractivity contribution < 1.29 is 9.90 Å². The Balaban J connectivity index is 2.15. The summed E-state index contributed by atoms with van der Waals surface area (Å²) < 4.78 is 0. The van der Waals surface area contributed by atoms with Crippen molar-refractivity contribution in [3.8, 4) is 0 Å². The van der Waals surface area contributed by atoms with Crippen LogP contribution in [0.15, 0.2) is 18.5 Å². The van der Waals surface area contributed by atoms with Crippen LogP contribution in [0.25, 0.3) is 0 Å². The standard InChI is InChI=1S/C10H15N3O2/c14-10(15)9(8-1-2-12-7-8)13-5-3-11-4-6-13/h1-2,7,9,11-12H,3-6H2,(H,14,15). The molecule has 0 saturated carbocycles. The van der Waals surface area contributed by atoms with Gasteiger partial charge in [0, 0.05) is 38.6 Å². The Bertz CT molecular complexity index is 317. The van der Waals surface area contributed by atoms with Crippen molar-refractivity contribution in [3.05, 3.63) is 24.0 Å². The van der Waals surface area contributed by atoms with Crippen molar-refractivity contribution in [3.63, 3.8) is 0 Å². The molecule has 0 amide bonds. The molecule has 1 aromatic rings. The minimum Gasteiger partial charge on any atom is -0.480 e. The van der Waals surface area contributed by atoms with Crippen molar-refractivity contribution in [1.82, 2.24) is 15.2 Å². The molecule has 0 aliphatic carbocycles. The third-order valence-corrected chi connectivity index (χ3v) is 2.69. The van der Waals surface area contributed by atoms with Gasteiger partial charge in [0.25, 0.3) is 0 Å². The fraction of sp³-hybridized carbons (Fsp3) is 0.500. The number of hydrogen-bond donors (Lipinski definition) is 3. The lowest BCUT2D eigenvalue weighted by molar-refractivity contribution is -0.143. The third-order valence-electron chi connectivity index (χ3n) is 2.69. The van der Waals surface area contributed by atoms with E-state index >= 15 is 0 Å². The Morgan fingerprint density at radius 2 is 2.20 bits per heavy atom. The molecule has 1 atom stereocenters.